The fraction of sp³-hybridized carbons (Fsp3) is 0. The van der Waals surface area contributed by atoms with Crippen molar-refractivity contribution in [3.63, 3.8) is 0 Å². The van der Waals surface area contributed by atoms with Crippen LogP contribution in [0.15, 0.2) is 309 Å². The summed E-state index contributed by atoms with van der Waals surface area (Å²) in [7, 11) is 0. The first-order chi connectivity index (χ1) is 43.6. The second kappa shape index (κ2) is 21.1. The fourth-order valence-corrected chi connectivity index (χ4v) is 13.3. The van der Waals surface area contributed by atoms with E-state index in [4.69, 9.17) is 24.9 Å². The van der Waals surface area contributed by atoms with Gasteiger partial charge in [0.2, 0.25) is 0 Å². The van der Waals surface area contributed by atoms with E-state index in [0.717, 1.165) is 94.8 Å². The molecule has 0 unspecified atom stereocenters. The molecule has 0 bridgehead atoms. The average molecular weight is 1120 g/mol. The van der Waals surface area contributed by atoms with Gasteiger partial charge >= 0.3 is 0 Å². The van der Waals surface area contributed by atoms with Gasteiger partial charge in [-0.3, -0.25) is 0 Å². The standard InChI is InChI=1S/C79H51BN8/c1-5-23-53(24-6-1)66-51-67(54-25-7-2-8-26-54)82-77(81-66)58-45-48-70(88-68-37-17-13-33-61(68)62-34-14-18-38-69(62)88)63(50-58)79-84-76(55-27-9-3-10-28-55)83-78(85-79)57-30-21-29-56(49-57)52-43-46-60(47-44-52)87-72-40-20-16-36-65(72)80-64-35-15-19-39-71(64)86(59-31-11-4-12-32-59)73-41-22-42-74(87)75(73)80/h1-51H. The molecule has 5 heterocycles. The summed E-state index contributed by atoms with van der Waals surface area (Å²) in [5.41, 5.74) is 23.0. The Balaban J connectivity index is 0.805. The van der Waals surface area contributed by atoms with Gasteiger partial charge in [0, 0.05) is 78.3 Å². The molecule has 0 N–H and O–H groups in total. The molecule has 0 spiro atoms. The summed E-state index contributed by atoms with van der Waals surface area (Å²) >= 11 is 0. The normalized spacial score (nSPS) is 12.2. The van der Waals surface area contributed by atoms with Gasteiger partial charge in [-0.1, -0.05) is 218 Å². The maximum absolute atomic E-state index is 5.53. The number of para-hydroxylation sites is 5. The van der Waals surface area contributed by atoms with E-state index in [0.29, 0.717) is 23.3 Å². The Hall–Kier alpha value is -11.8. The van der Waals surface area contributed by atoms with Crippen molar-refractivity contribution >= 4 is 79.0 Å². The highest BCUT2D eigenvalue weighted by Crippen LogP contribution is 2.45. The fourth-order valence-electron chi connectivity index (χ4n) is 13.3. The number of benzene rings is 12. The minimum Gasteiger partial charge on any atom is -0.311 e. The van der Waals surface area contributed by atoms with Crippen molar-refractivity contribution < 1.29 is 0 Å². The molecule has 9 heteroatoms. The van der Waals surface area contributed by atoms with Crippen LogP contribution >= 0.6 is 0 Å². The quantitative estimate of drug-likeness (QED) is 0.126. The van der Waals surface area contributed by atoms with Crippen molar-refractivity contribution in [2.45, 2.75) is 0 Å². The molecule has 0 saturated heterocycles. The highest BCUT2D eigenvalue weighted by molar-refractivity contribution is 7.00. The zero-order valence-corrected chi connectivity index (χ0v) is 47.6. The Labute approximate surface area is 509 Å². The van der Waals surface area contributed by atoms with Crippen molar-refractivity contribution in [1.29, 1.82) is 0 Å². The van der Waals surface area contributed by atoms with Crippen LogP contribution in [0, 0.1) is 0 Å². The van der Waals surface area contributed by atoms with Gasteiger partial charge in [-0.15, -0.1) is 0 Å². The third kappa shape index (κ3) is 8.58. The maximum atomic E-state index is 5.53. The molecule has 0 fully saturated rings. The number of hydrogen-bond donors (Lipinski definition) is 0. The summed E-state index contributed by atoms with van der Waals surface area (Å²) in [6, 6.07) is 109. The third-order valence-corrected chi connectivity index (χ3v) is 17.3. The summed E-state index contributed by atoms with van der Waals surface area (Å²) < 4.78 is 2.34. The predicted octanol–water partition coefficient (Wildman–Crippen LogP) is 17.5. The van der Waals surface area contributed by atoms with Gasteiger partial charge < -0.3 is 14.4 Å². The first-order valence-corrected chi connectivity index (χ1v) is 29.8. The molecule has 0 radical (unpaired) electrons. The van der Waals surface area contributed by atoms with Crippen LogP contribution in [0.3, 0.4) is 0 Å². The van der Waals surface area contributed by atoms with Crippen LogP contribution in [0.25, 0.3) is 107 Å². The van der Waals surface area contributed by atoms with Gasteiger partial charge in [-0.05, 0) is 119 Å². The van der Waals surface area contributed by atoms with Crippen LogP contribution in [-0.2, 0) is 0 Å². The minimum absolute atomic E-state index is 0.0680. The first-order valence-electron chi connectivity index (χ1n) is 29.8. The number of fused-ring (bicyclic) bond motifs is 7. The van der Waals surface area contributed by atoms with Gasteiger partial charge in [-0.2, -0.15) is 0 Å². The molecular weight excluding hydrogens is 1070 g/mol. The molecule has 410 valence electrons. The first kappa shape index (κ1) is 50.7. The zero-order valence-electron chi connectivity index (χ0n) is 47.6. The summed E-state index contributed by atoms with van der Waals surface area (Å²) in [4.78, 5) is 31.7. The molecule has 8 nitrogen and oxygen atoms in total. The summed E-state index contributed by atoms with van der Waals surface area (Å²) in [6.07, 6.45) is 0. The molecule has 2 aliphatic rings. The number of rotatable bonds is 10. The molecule has 0 amide bonds. The van der Waals surface area contributed by atoms with E-state index < -0.39 is 0 Å². The second-order valence-corrected chi connectivity index (χ2v) is 22.4. The van der Waals surface area contributed by atoms with Crippen LogP contribution in [-0.4, -0.2) is 36.2 Å². The molecule has 88 heavy (non-hydrogen) atoms. The largest absolute Gasteiger partial charge is 0.311 e. The summed E-state index contributed by atoms with van der Waals surface area (Å²) in [6.45, 7) is 0.0680. The lowest BCUT2D eigenvalue weighted by Gasteiger charge is -2.44. The van der Waals surface area contributed by atoms with Crippen LogP contribution in [0.1, 0.15) is 0 Å². The van der Waals surface area contributed by atoms with Crippen LogP contribution in [0.5, 0.6) is 0 Å². The highest BCUT2D eigenvalue weighted by Gasteiger charge is 2.42. The van der Waals surface area contributed by atoms with Crippen molar-refractivity contribution in [2.75, 3.05) is 9.80 Å². The van der Waals surface area contributed by atoms with Crippen LogP contribution in [0.4, 0.5) is 34.1 Å². The molecule has 15 aromatic rings. The van der Waals surface area contributed by atoms with E-state index in [1.54, 1.807) is 0 Å². The molecule has 0 aliphatic carbocycles. The van der Waals surface area contributed by atoms with E-state index in [-0.39, 0.29) is 6.71 Å². The smallest absolute Gasteiger partial charge is 0.252 e. The monoisotopic (exact) mass is 1120 g/mol. The van der Waals surface area contributed by atoms with Crippen molar-refractivity contribution in [3.05, 3.63) is 309 Å². The number of aromatic nitrogens is 6. The van der Waals surface area contributed by atoms with Gasteiger partial charge in [0.05, 0.1) is 28.1 Å². The Morgan fingerprint density at radius 1 is 0.250 bits per heavy atom. The zero-order chi connectivity index (χ0) is 58.1. The second-order valence-electron chi connectivity index (χ2n) is 22.4. The van der Waals surface area contributed by atoms with Crippen molar-refractivity contribution in [1.82, 2.24) is 29.5 Å². The Kier molecular flexibility index (Phi) is 12.1. The lowest BCUT2D eigenvalue weighted by molar-refractivity contribution is 1.06. The van der Waals surface area contributed by atoms with Gasteiger partial charge in [0.1, 0.15) is 0 Å². The topological polar surface area (TPSA) is 75.9 Å². The van der Waals surface area contributed by atoms with Gasteiger partial charge in [0.15, 0.2) is 23.3 Å². The summed E-state index contributed by atoms with van der Waals surface area (Å²) in [5, 5.41) is 2.31. The molecule has 12 aromatic carbocycles. The molecule has 0 saturated carbocycles. The lowest BCUT2D eigenvalue weighted by atomic mass is 9.33. The Morgan fingerprint density at radius 2 is 0.670 bits per heavy atom. The summed E-state index contributed by atoms with van der Waals surface area (Å²) in [5.74, 6) is 2.21. The highest BCUT2D eigenvalue weighted by atomic mass is 15.2. The predicted molar refractivity (Wildman–Crippen MR) is 362 cm³/mol. The minimum atomic E-state index is 0.0680. The molecular formula is C79H51BN8. The van der Waals surface area contributed by atoms with E-state index in [1.807, 2.05) is 54.6 Å². The molecule has 3 aromatic heterocycles. The SMILES string of the molecule is c1ccc(-c2cc(-c3ccccc3)nc(-c3ccc(-n4c5ccccc5c5ccccc54)c(-c4nc(-c5ccccc5)nc(-c5cccc(-c6ccc(N7c8ccccc8B8c9ccccc9N(c9ccccc9)c9cccc7c98)cc6)c5)n4)c3)n2)cc1. The Morgan fingerprint density at radius 3 is 1.27 bits per heavy atom. The van der Waals surface area contributed by atoms with Crippen molar-refractivity contribution in [3.8, 4) is 84.9 Å². The van der Waals surface area contributed by atoms with E-state index in [9.17, 15) is 0 Å². The van der Waals surface area contributed by atoms with E-state index >= 15 is 0 Å². The lowest BCUT2D eigenvalue weighted by Crippen LogP contribution is -2.61. The molecule has 2 aliphatic heterocycles. The Bertz CT molecular complexity index is 5060. The van der Waals surface area contributed by atoms with Gasteiger partial charge in [0.25, 0.3) is 6.71 Å². The van der Waals surface area contributed by atoms with Crippen molar-refractivity contribution in [2.24, 2.45) is 0 Å². The third-order valence-electron chi connectivity index (χ3n) is 17.3. The number of anilines is 6. The molecule has 17 rings (SSSR count). The number of hydrogen-bond acceptors (Lipinski definition) is 7. The molecule has 0 atom stereocenters. The van der Waals surface area contributed by atoms with E-state index in [2.05, 4.69) is 269 Å². The average Bonchev–Trinajstić information content (AvgIpc) is 2.42. The van der Waals surface area contributed by atoms with Gasteiger partial charge in [-0.25, -0.2) is 24.9 Å². The van der Waals surface area contributed by atoms with Crippen LogP contribution in [0.2, 0.25) is 0 Å². The number of nitrogens with zero attached hydrogens (tertiary/aromatic N) is 8. The maximum Gasteiger partial charge on any atom is 0.252 e. The van der Waals surface area contributed by atoms with Crippen LogP contribution < -0.4 is 26.2 Å². The van der Waals surface area contributed by atoms with E-state index in [1.165, 1.54) is 39.1 Å².